The Balaban J connectivity index is 5.39. The molecule has 0 aromatic carbocycles. The molecule has 5 unspecified atom stereocenters. The first-order valence-corrected chi connectivity index (χ1v) is 9.82. The van der Waals surface area contributed by atoms with Crippen LogP contribution in [0.5, 0.6) is 0 Å². The maximum atomic E-state index is 12.8. The number of hydrogen-bond donors (Lipinski definition) is 5. The zero-order valence-corrected chi connectivity index (χ0v) is 17.7. The van der Waals surface area contributed by atoms with Crippen LogP contribution < -0.4 is 21.7 Å². The highest BCUT2D eigenvalue weighted by Gasteiger charge is 2.33. The molecule has 0 saturated carbocycles. The fourth-order valence-corrected chi connectivity index (χ4v) is 2.64. The van der Waals surface area contributed by atoms with Gasteiger partial charge in [0.1, 0.15) is 18.1 Å². The van der Waals surface area contributed by atoms with Crippen LogP contribution in [0.15, 0.2) is 0 Å². The maximum Gasteiger partial charge on any atom is 0.326 e. The second kappa shape index (κ2) is 12.3. The average Bonchev–Trinajstić information content (AvgIpc) is 2.65. The summed E-state index contributed by atoms with van der Waals surface area (Å²) in [6.07, 6.45) is 1.22. The second-order valence-corrected chi connectivity index (χ2v) is 7.58. The third-order valence-electron chi connectivity index (χ3n) is 5.02. The normalized spacial score (nSPS) is 16.4. The summed E-state index contributed by atoms with van der Waals surface area (Å²) >= 11 is 0. The molecule has 9 nitrogen and oxygen atoms in total. The van der Waals surface area contributed by atoms with Crippen molar-refractivity contribution in [3.63, 3.8) is 0 Å². The van der Waals surface area contributed by atoms with Gasteiger partial charge in [0.25, 0.3) is 0 Å². The predicted octanol–water partition coefficient (Wildman–Crippen LogP) is 0.232. The van der Waals surface area contributed by atoms with E-state index >= 15 is 0 Å². The lowest BCUT2D eigenvalue weighted by Gasteiger charge is -2.29. The van der Waals surface area contributed by atoms with E-state index in [0.29, 0.717) is 12.8 Å². The Hall–Kier alpha value is -2.16. The standard InChI is InChI=1S/C19H36N4O5/c1-7-11(5)15(21-13(24)9-20)18(26)22-14(10(3)4)17(25)23-16(19(27)28)12(6)8-2/h10-12,14-16H,7-9,20H2,1-6H3,(H,21,24)(H,22,26)(H,23,25)(H,27,28). The fraction of sp³-hybridized carbons (Fsp3) is 0.789. The molecule has 9 heteroatoms. The topological polar surface area (TPSA) is 151 Å². The number of hydrogen-bond acceptors (Lipinski definition) is 5. The highest BCUT2D eigenvalue weighted by Crippen LogP contribution is 2.12. The molecule has 5 atom stereocenters. The Labute approximate surface area is 167 Å². The van der Waals surface area contributed by atoms with Crippen LogP contribution in [0, 0.1) is 17.8 Å². The van der Waals surface area contributed by atoms with E-state index in [1.807, 2.05) is 20.8 Å². The molecular weight excluding hydrogens is 364 g/mol. The maximum absolute atomic E-state index is 12.8. The van der Waals surface area contributed by atoms with Gasteiger partial charge in [-0.15, -0.1) is 0 Å². The van der Waals surface area contributed by atoms with Gasteiger partial charge in [0.05, 0.1) is 6.54 Å². The Morgan fingerprint density at radius 2 is 1.21 bits per heavy atom. The van der Waals surface area contributed by atoms with E-state index in [1.54, 1.807) is 20.8 Å². The summed E-state index contributed by atoms with van der Waals surface area (Å²) in [4.78, 5) is 48.6. The third-order valence-corrected chi connectivity index (χ3v) is 5.02. The van der Waals surface area contributed by atoms with E-state index < -0.39 is 41.8 Å². The molecule has 0 saturated heterocycles. The van der Waals surface area contributed by atoms with Gasteiger partial charge in [0, 0.05) is 0 Å². The van der Waals surface area contributed by atoms with Crippen LogP contribution in [0.2, 0.25) is 0 Å². The summed E-state index contributed by atoms with van der Waals surface area (Å²) in [5, 5.41) is 17.2. The lowest BCUT2D eigenvalue weighted by Crippen LogP contribution is -2.59. The summed E-state index contributed by atoms with van der Waals surface area (Å²) in [6, 6.07) is -2.81. The van der Waals surface area contributed by atoms with E-state index in [4.69, 9.17) is 5.73 Å². The van der Waals surface area contributed by atoms with Gasteiger partial charge in [-0.2, -0.15) is 0 Å². The van der Waals surface area contributed by atoms with Gasteiger partial charge in [-0.1, -0.05) is 54.4 Å². The zero-order chi connectivity index (χ0) is 22.0. The highest BCUT2D eigenvalue weighted by atomic mass is 16.4. The Kier molecular flexibility index (Phi) is 11.4. The van der Waals surface area contributed by atoms with E-state index in [2.05, 4.69) is 16.0 Å². The minimum Gasteiger partial charge on any atom is -0.480 e. The average molecular weight is 401 g/mol. The van der Waals surface area contributed by atoms with Gasteiger partial charge in [-0.05, 0) is 17.8 Å². The fourth-order valence-electron chi connectivity index (χ4n) is 2.64. The number of aliphatic carboxylic acids is 1. The molecule has 0 aromatic heterocycles. The van der Waals surface area contributed by atoms with Crippen LogP contribution in [-0.4, -0.2) is 53.5 Å². The minimum atomic E-state index is -1.12. The first-order chi connectivity index (χ1) is 13.0. The van der Waals surface area contributed by atoms with Gasteiger partial charge in [0.2, 0.25) is 17.7 Å². The first kappa shape index (κ1) is 25.8. The van der Waals surface area contributed by atoms with Crippen LogP contribution in [0.25, 0.3) is 0 Å². The Morgan fingerprint density at radius 1 is 0.786 bits per heavy atom. The van der Waals surface area contributed by atoms with Crippen LogP contribution in [0.3, 0.4) is 0 Å². The van der Waals surface area contributed by atoms with Gasteiger partial charge < -0.3 is 26.8 Å². The van der Waals surface area contributed by atoms with E-state index in [-0.39, 0.29) is 24.3 Å². The molecule has 162 valence electrons. The van der Waals surface area contributed by atoms with Crippen LogP contribution in [0.4, 0.5) is 0 Å². The smallest absolute Gasteiger partial charge is 0.326 e. The molecule has 0 rings (SSSR count). The zero-order valence-electron chi connectivity index (χ0n) is 17.7. The summed E-state index contributed by atoms with van der Waals surface area (Å²) in [5.74, 6) is -3.36. The van der Waals surface area contributed by atoms with Crippen LogP contribution in [0.1, 0.15) is 54.4 Å². The molecule has 0 bridgehead atoms. The molecular formula is C19H36N4O5. The summed E-state index contributed by atoms with van der Waals surface area (Å²) < 4.78 is 0. The summed E-state index contributed by atoms with van der Waals surface area (Å²) in [7, 11) is 0. The van der Waals surface area contributed by atoms with Crippen LogP contribution >= 0.6 is 0 Å². The van der Waals surface area contributed by atoms with Crippen molar-refractivity contribution in [2.45, 2.75) is 72.5 Å². The van der Waals surface area contributed by atoms with E-state index in [0.717, 1.165) is 0 Å². The lowest BCUT2D eigenvalue weighted by atomic mass is 9.95. The number of carbonyl (C=O) groups is 4. The number of nitrogens with one attached hydrogen (secondary N) is 3. The SMILES string of the molecule is CCC(C)C(NC(=O)C(NC(=O)C(NC(=O)CN)C(C)CC)C(C)C)C(=O)O. The van der Waals surface area contributed by atoms with E-state index in [9.17, 15) is 24.3 Å². The van der Waals surface area contributed by atoms with E-state index in [1.165, 1.54) is 0 Å². The molecule has 0 aliphatic heterocycles. The molecule has 0 fully saturated rings. The van der Waals surface area contributed by atoms with Crippen molar-refractivity contribution < 1.29 is 24.3 Å². The molecule has 0 spiro atoms. The molecule has 0 aliphatic carbocycles. The van der Waals surface area contributed by atoms with Crippen molar-refractivity contribution in [2.24, 2.45) is 23.5 Å². The highest BCUT2D eigenvalue weighted by molar-refractivity contribution is 5.93. The van der Waals surface area contributed by atoms with Crippen LogP contribution in [-0.2, 0) is 19.2 Å². The van der Waals surface area contributed by atoms with Gasteiger partial charge in [0.15, 0.2) is 0 Å². The van der Waals surface area contributed by atoms with Gasteiger partial charge in [-0.25, -0.2) is 4.79 Å². The molecule has 0 radical (unpaired) electrons. The molecule has 0 aliphatic rings. The molecule has 3 amide bonds. The van der Waals surface area contributed by atoms with Crippen molar-refractivity contribution >= 4 is 23.7 Å². The summed E-state index contributed by atoms with van der Waals surface area (Å²) in [6.45, 7) is 10.5. The minimum absolute atomic E-state index is 0.168. The number of carboxylic acid groups (broad SMARTS) is 1. The van der Waals surface area contributed by atoms with Crippen molar-refractivity contribution in [3.05, 3.63) is 0 Å². The monoisotopic (exact) mass is 400 g/mol. The number of rotatable bonds is 12. The molecule has 0 heterocycles. The van der Waals surface area contributed by atoms with Crippen molar-refractivity contribution in [3.8, 4) is 0 Å². The second-order valence-electron chi connectivity index (χ2n) is 7.58. The number of nitrogens with two attached hydrogens (primary N) is 1. The van der Waals surface area contributed by atoms with Crippen molar-refractivity contribution in [2.75, 3.05) is 6.54 Å². The quantitative estimate of drug-likeness (QED) is 0.316. The van der Waals surface area contributed by atoms with Gasteiger partial charge in [-0.3, -0.25) is 14.4 Å². The number of amides is 3. The Bertz CT molecular complexity index is 552. The number of carboxylic acids is 1. The molecule has 0 aromatic rings. The largest absolute Gasteiger partial charge is 0.480 e. The van der Waals surface area contributed by atoms with Crippen molar-refractivity contribution in [1.29, 1.82) is 0 Å². The van der Waals surface area contributed by atoms with Gasteiger partial charge >= 0.3 is 5.97 Å². The first-order valence-electron chi connectivity index (χ1n) is 9.82. The lowest BCUT2D eigenvalue weighted by molar-refractivity contribution is -0.144. The molecule has 28 heavy (non-hydrogen) atoms. The Morgan fingerprint density at radius 3 is 1.61 bits per heavy atom. The third kappa shape index (κ3) is 7.84. The predicted molar refractivity (Wildman–Crippen MR) is 106 cm³/mol. The summed E-state index contributed by atoms with van der Waals surface area (Å²) in [5.41, 5.74) is 5.32. The van der Waals surface area contributed by atoms with Crippen molar-refractivity contribution in [1.82, 2.24) is 16.0 Å². The molecule has 6 N–H and O–H groups in total. The number of carbonyl (C=O) groups excluding carboxylic acids is 3.